The highest BCUT2D eigenvalue weighted by Gasteiger charge is 2.69. The van der Waals surface area contributed by atoms with Crippen LogP contribution in [-0.4, -0.2) is 54.2 Å². The molecule has 0 radical (unpaired) electrons. The fraction of sp³-hybridized carbons (Fsp3) is 0.892. The van der Waals surface area contributed by atoms with Crippen LogP contribution in [0.2, 0.25) is 0 Å². The number of nitrogens with two attached hydrogens (primary N) is 1. The van der Waals surface area contributed by atoms with Gasteiger partial charge in [0.2, 0.25) is 11.8 Å². The minimum atomic E-state index is -0.497. The Morgan fingerprint density at radius 1 is 0.977 bits per heavy atom. The second kappa shape index (κ2) is 12.2. The van der Waals surface area contributed by atoms with Gasteiger partial charge in [0.1, 0.15) is 0 Å². The zero-order valence-electron chi connectivity index (χ0n) is 29.1. The van der Waals surface area contributed by atoms with Crippen molar-refractivity contribution in [2.75, 3.05) is 25.1 Å². The van der Waals surface area contributed by atoms with Gasteiger partial charge in [-0.05, 0) is 127 Å². The molecule has 5 rings (SSSR count). The first-order valence-corrected chi connectivity index (χ1v) is 19.2. The molecule has 4 saturated carbocycles. The van der Waals surface area contributed by atoms with E-state index in [0.717, 1.165) is 50.7 Å². The lowest BCUT2D eigenvalue weighted by molar-refractivity contribution is -0.204. The van der Waals surface area contributed by atoms with Gasteiger partial charge in [-0.1, -0.05) is 60.1 Å². The van der Waals surface area contributed by atoms with Crippen LogP contribution >= 0.6 is 11.8 Å². The predicted octanol–water partition coefficient (Wildman–Crippen LogP) is 6.32. The SMILES string of the molecule is CSCC[C@H](N)C(=O)NCCNC(=O)[C@]12CC[C@@H](C)[C@H](C)[C@H]1C1=CC[C@@H]3[C@@]4(C)CC[C@H](O)C(C)(C)[C@@H]4CC[C@@]3(C)[C@]1(C)CC2. The van der Waals surface area contributed by atoms with E-state index in [1.807, 2.05) is 6.26 Å². The molecule has 0 aromatic heterocycles. The molecule has 5 aliphatic carbocycles. The predicted molar refractivity (Wildman–Crippen MR) is 182 cm³/mol. The summed E-state index contributed by atoms with van der Waals surface area (Å²) in [6, 6.07) is -0.497. The lowest BCUT2D eigenvalue weighted by Crippen LogP contribution is -2.66. The van der Waals surface area contributed by atoms with Gasteiger partial charge in [-0.2, -0.15) is 11.8 Å². The van der Waals surface area contributed by atoms with Crippen LogP contribution in [0.25, 0.3) is 0 Å². The van der Waals surface area contributed by atoms with Gasteiger partial charge in [0.05, 0.1) is 17.6 Å². The topological polar surface area (TPSA) is 104 Å². The highest BCUT2D eigenvalue weighted by molar-refractivity contribution is 7.98. The number of carbonyl (C=O) groups excluding carboxylic acids is 2. The van der Waals surface area contributed by atoms with Crippen LogP contribution in [0.15, 0.2) is 11.6 Å². The Hall–Kier alpha value is -1.05. The van der Waals surface area contributed by atoms with Crippen molar-refractivity contribution in [3.63, 3.8) is 0 Å². The number of hydrogen-bond acceptors (Lipinski definition) is 5. The number of fused-ring (bicyclic) bond motifs is 7. The molecule has 7 heteroatoms. The van der Waals surface area contributed by atoms with Crippen molar-refractivity contribution in [3.05, 3.63) is 11.6 Å². The maximum atomic E-state index is 14.3. The van der Waals surface area contributed by atoms with Crippen LogP contribution in [0, 0.1) is 56.7 Å². The summed E-state index contributed by atoms with van der Waals surface area (Å²) in [5.41, 5.74) is 7.68. The summed E-state index contributed by atoms with van der Waals surface area (Å²) in [4.78, 5) is 26.7. The Bertz CT molecular complexity index is 1140. The van der Waals surface area contributed by atoms with E-state index in [9.17, 15) is 14.7 Å². The van der Waals surface area contributed by atoms with Crippen LogP contribution in [0.4, 0.5) is 0 Å². The Morgan fingerprint density at radius 2 is 1.68 bits per heavy atom. The number of thioether (sulfide) groups is 1. The van der Waals surface area contributed by atoms with E-state index in [-0.39, 0.29) is 50.9 Å². The summed E-state index contributed by atoms with van der Waals surface area (Å²) in [7, 11) is 0. The lowest BCUT2D eigenvalue weighted by Gasteiger charge is -2.71. The molecule has 4 fully saturated rings. The average Bonchev–Trinajstić information content (AvgIpc) is 2.98. The number of hydrogen-bond donors (Lipinski definition) is 4. The maximum Gasteiger partial charge on any atom is 0.237 e. The van der Waals surface area contributed by atoms with Crippen molar-refractivity contribution in [1.29, 1.82) is 0 Å². The minimum Gasteiger partial charge on any atom is -0.393 e. The maximum absolute atomic E-state index is 14.3. The smallest absolute Gasteiger partial charge is 0.237 e. The van der Waals surface area contributed by atoms with Crippen LogP contribution in [0.1, 0.15) is 113 Å². The number of rotatable bonds is 8. The molecule has 2 amide bonds. The molecule has 11 atom stereocenters. The molecule has 0 bridgehead atoms. The first-order valence-electron chi connectivity index (χ1n) is 17.8. The summed E-state index contributed by atoms with van der Waals surface area (Å²) >= 11 is 1.69. The summed E-state index contributed by atoms with van der Waals surface area (Å²) < 4.78 is 0. The summed E-state index contributed by atoms with van der Waals surface area (Å²) in [5.74, 6) is 3.35. The van der Waals surface area contributed by atoms with Gasteiger partial charge in [-0.25, -0.2) is 0 Å². The Labute approximate surface area is 272 Å². The average molecular weight is 630 g/mol. The number of amides is 2. The molecule has 0 unspecified atom stereocenters. The number of aliphatic hydroxyl groups excluding tert-OH is 1. The number of carbonyl (C=O) groups is 2. The molecule has 44 heavy (non-hydrogen) atoms. The third kappa shape index (κ3) is 5.12. The third-order valence-electron chi connectivity index (χ3n) is 15.1. The normalized spacial score (nSPS) is 45.0. The zero-order chi connectivity index (χ0) is 32.3. The van der Waals surface area contributed by atoms with Gasteiger partial charge in [0, 0.05) is 13.1 Å². The van der Waals surface area contributed by atoms with Crippen molar-refractivity contribution < 1.29 is 14.7 Å². The number of aliphatic hydroxyl groups is 1. The largest absolute Gasteiger partial charge is 0.393 e. The van der Waals surface area contributed by atoms with E-state index < -0.39 is 6.04 Å². The van der Waals surface area contributed by atoms with E-state index in [4.69, 9.17) is 5.73 Å². The minimum absolute atomic E-state index is 0.0501. The van der Waals surface area contributed by atoms with Crippen molar-refractivity contribution >= 4 is 23.6 Å². The standard InChI is InChI=1S/C37H63N3O3S/c1-23-11-17-37(32(43)40-21-20-39-31(42)26(38)14-22-44-8)19-18-35(6)25(30(37)24(23)2)9-10-28-34(5)15-13-29(41)33(3,4)27(34)12-16-36(28,35)7/h9,23-24,26-30,41H,10-22,38H2,1-8H3,(H,39,42)(H,40,43)/t23-,24+,26+,27+,28-,29+,30+,34+,35-,36-,37+/m1/s1. The van der Waals surface area contributed by atoms with E-state index in [1.54, 1.807) is 17.3 Å². The molecular formula is C37H63N3O3S. The van der Waals surface area contributed by atoms with Gasteiger partial charge < -0.3 is 21.5 Å². The molecular weight excluding hydrogens is 566 g/mol. The quantitative estimate of drug-likeness (QED) is 0.186. The monoisotopic (exact) mass is 629 g/mol. The number of allylic oxidation sites excluding steroid dienone is 2. The number of nitrogens with one attached hydrogen (secondary N) is 2. The fourth-order valence-corrected chi connectivity index (χ4v) is 12.4. The van der Waals surface area contributed by atoms with Gasteiger partial charge in [-0.15, -0.1) is 0 Å². The second-order valence-corrected chi connectivity index (χ2v) is 18.1. The molecule has 5 aliphatic rings. The van der Waals surface area contributed by atoms with E-state index in [2.05, 4.69) is 65.2 Å². The van der Waals surface area contributed by atoms with Crippen LogP contribution in [-0.2, 0) is 9.59 Å². The molecule has 0 spiro atoms. The molecule has 5 N–H and O–H groups in total. The van der Waals surface area contributed by atoms with Crippen LogP contribution in [0.3, 0.4) is 0 Å². The highest BCUT2D eigenvalue weighted by Crippen LogP contribution is 2.75. The first kappa shape index (κ1) is 34.3. The Kier molecular flexibility index (Phi) is 9.50. The molecule has 6 nitrogen and oxygen atoms in total. The third-order valence-corrected chi connectivity index (χ3v) is 15.7. The van der Waals surface area contributed by atoms with Gasteiger partial charge in [0.25, 0.3) is 0 Å². The molecule has 0 aliphatic heterocycles. The van der Waals surface area contributed by atoms with Crippen molar-refractivity contribution in [3.8, 4) is 0 Å². The van der Waals surface area contributed by atoms with Gasteiger partial charge in [0.15, 0.2) is 0 Å². The van der Waals surface area contributed by atoms with E-state index >= 15 is 0 Å². The molecule has 0 saturated heterocycles. The molecule has 0 aromatic carbocycles. The van der Waals surface area contributed by atoms with Crippen LogP contribution in [0.5, 0.6) is 0 Å². The Balaban J connectivity index is 1.39. The first-order chi connectivity index (χ1) is 20.6. The van der Waals surface area contributed by atoms with Gasteiger partial charge in [-0.3, -0.25) is 9.59 Å². The second-order valence-electron chi connectivity index (χ2n) is 17.1. The molecule has 250 valence electrons. The zero-order valence-corrected chi connectivity index (χ0v) is 29.9. The highest BCUT2D eigenvalue weighted by atomic mass is 32.2. The summed E-state index contributed by atoms with van der Waals surface area (Å²) in [5, 5.41) is 17.3. The molecule has 0 heterocycles. The molecule has 0 aromatic rings. The van der Waals surface area contributed by atoms with Crippen molar-refractivity contribution in [2.45, 2.75) is 125 Å². The van der Waals surface area contributed by atoms with Crippen molar-refractivity contribution in [2.24, 2.45) is 62.4 Å². The van der Waals surface area contributed by atoms with Gasteiger partial charge >= 0.3 is 0 Å². The van der Waals surface area contributed by atoms with E-state index in [1.165, 1.54) is 12.8 Å². The summed E-state index contributed by atoms with van der Waals surface area (Å²) in [6.45, 7) is 18.0. The van der Waals surface area contributed by atoms with E-state index in [0.29, 0.717) is 43.2 Å². The van der Waals surface area contributed by atoms with Crippen LogP contribution < -0.4 is 16.4 Å². The Morgan fingerprint density at radius 3 is 2.39 bits per heavy atom. The van der Waals surface area contributed by atoms with Crippen molar-refractivity contribution in [1.82, 2.24) is 10.6 Å². The fourth-order valence-electron chi connectivity index (χ4n) is 11.9. The lowest BCUT2D eigenvalue weighted by atomic mass is 9.33. The summed E-state index contributed by atoms with van der Waals surface area (Å²) in [6.07, 6.45) is 14.6.